The fourth-order valence-corrected chi connectivity index (χ4v) is 2.91. The molecule has 0 aromatic heterocycles. The number of rotatable bonds is 3. The number of carbonyl (C=O) groups is 1. The number of carbonyl (C=O) groups excluding carboxylic acids is 1. The molecule has 124 valence electrons. The van der Waals surface area contributed by atoms with Gasteiger partial charge in [0.15, 0.2) is 0 Å². The number of halogens is 1. The maximum Gasteiger partial charge on any atom is 0.295 e. The number of benzene rings is 2. The van der Waals surface area contributed by atoms with E-state index in [4.69, 9.17) is 5.73 Å². The topological polar surface area (TPSA) is 118 Å². The number of nitrogen functional groups attached to an aromatic ring is 1. The molecule has 8 heteroatoms. The lowest BCUT2D eigenvalue weighted by atomic mass is 10.1. The van der Waals surface area contributed by atoms with Crippen LogP contribution in [0.3, 0.4) is 0 Å². The van der Waals surface area contributed by atoms with Gasteiger partial charge >= 0.3 is 0 Å². The third-order valence-electron chi connectivity index (χ3n) is 4.05. The summed E-state index contributed by atoms with van der Waals surface area (Å²) in [6.07, 6.45) is -0.462. The average Bonchev–Trinajstić information content (AvgIpc) is 2.85. The van der Waals surface area contributed by atoms with Gasteiger partial charge in [0.2, 0.25) is 0 Å². The molecular weight excluding hydrogens is 317 g/mol. The van der Waals surface area contributed by atoms with Crippen molar-refractivity contribution >= 4 is 17.3 Å². The number of nitrogens with zero attached hydrogens (tertiary/aromatic N) is 1. The fraction of sp³-hybridized carbons (Fsp3) is 0.188. The van der Waals surface area contributed by atoms with E-state index < -0.39 is 40.2 Å². The van der Waals surface area contributed by atoms with Crippen molar-refractivity contribution in [3.63, 3.8) is 0 Å². The molecule has 0 bridgehead atoms. The zero-order valence-electron chi connectivity index (χ0n) is 12.4. The summed E-state index contributed by atoms with van der Waals surface area (Å²) in [4.78, 5) is 22.5. The van der Waals surface area contributed by atoms with Gasteiger partial charge in [-0.25, -0.2) is 4.39 Å². The minimum absolute atomic E-state index is 0.335. The average molecular weight is 331 g/mol. The van der Waals surface area contributed by atoms with Gasteiger partial charge in [-0.3, -0.25) is 14.9 Å². The number of nitro groups is 1. The number of nitro benzene ring substituents is 1. The van der Waals surface area contributed by atoms with Gasteiger partial charge in [0.25, 0.3) is 11.6 Å². The van der Waals surface area contributed by atoms with Crippen LogP contribution in [0, 0.1) is 15.9 Å². The summed E-state index contributed by atoms with van der Waals surface area (Å²) in [5, 5.41) is 23.6. The lowest BCUT2D eigenvalue weighted by Gasteiger charge is -2.18. The summed E-state index contributed by atoms with van der Waals surface area (Å²) in [6.45, 7) is 0. The first kappa shape index (κ1) is 15.9. The molecule has 24 heavy (non-hydrogen) atoms. The molecule has 0 saturated heterocycles. The van der Waals surface area contributed by atoms with Crippen molar-refractivity contribution in [1.82, 2.24) is 5.32 Å². The summed E-state index contributed by atoms with van der Waals surface area (Å²) in [7, 11) is 0. The molecule has 1 amide bonds. The molecule has 0 unspecified atom stereocenters. The molecule has 2 aromatic rings. The predicted molar refractivity (Wildman–Crippen MR) is 83.8 cm³/mol. The summed E-state index contributed by atoms with van der Waals surface area (Å²) < 4.78 is 13.6. The molecule has 0 spiro atoms. The van der Waals surface area contributed by atoms with E-state index in [1.54, 1.807) is 12.1 Å². The largest absolute Gasteiger partial charge is 0.393 e. The number of nitrogens with one attached hydrogen (secondary N) is 1. The molecule has 0 radical (unpaired) electrons. The van der Waals surface area contributed by atoms with Gasteiger partial charge in [0, 0.05) is 6.42 Å². The first-order chi connectivity index (χ1) is 11.4. The lowest BCUT2D eigenvalue weighted by molar-refractivity contribution is -0.384. The molecule has 0 heterocycles. The van der Waals surface area contributed by atoms with E-state index in [9.17, 15) is 24.4 Å². The summed E-state index contributed by atoms with van der Waals surface area (Å²) in [6, 6.07) is 8.02. The molecule has 2 atom stereocenters. The first-order valence-electron chi connectivity index (χ1n) is 7.18. The Hall–Kier alpha value is -3.00. The number of aliphatic hydroxyl groups is 1. The van der Waals surface area contributed by atoms with Crippen LogP contribution in [-0.4, -0.2) is 22.0 Å². The maximum absolute atomic E-state index is 13.6. The molecule has 7 nitrogen and oxygen atoms in total. The highest BCUT2D eigenvalue weighted by Gasteiger charge is 2.33. The Labute approximate surface area is 136 Å². The summed E-state index contributed by atoms with van der Waals surface area (Å²) in [5.41, 5.74) is 5.85. The normalized spacial score (nSPS) is 18.9. The van der Waals surface area contributed by atoms with Crippen molar-refractivity contribution in [1.29, 1.82) is 0 Å². The third-order valence-corrected chi connectivity index (χ3v) is 4.05. The predicted octanol–water partition coefficient (Wildman–Crippen LogP) is 1.70. The van der Waals surface area contributed by atoms with E-state index in [1.165, 1.54) is 0 Å². The summed E-state index contributed by atoms with van der Waals surface area (Å²) >= 11 is 0. The number of fused-ring (bicyclic) bond motifs is 1. The first-order valence-corrected chi connectivity index (χ1v) is 7.18. The van der Waals surface area contributed by atoms with Gasteiger partial charge in [-0.05, 0) is 17.2 Å². The molecule has 0 saturated carbocycles. The zero-order valence-corrected chi connectivity index (χ0v) is 12.4. The molecular formula is C16H14FN3O4. The van der Waals surface area contributed by atoms with Gasteiger partial charge in [0.1, 0.15) is 11.5 Å². The SMILES string of the molecule is Nc1c(C(=O)N[C@@H]2c3ccccc3C[C@@H]2O)cc(F)cc1[N+](=O)[O-]. The number of aliphatic hydroxyl groups excluding tert-OH is 1. The van der Waals surface area contributed by atoms with Crippen molar-refractivity contribution < 1.29 is 19.2 Å². The lowest BCUT2D eigenvalue weighted by Crippen LogP contribution is -2.34. The van der Waals surface area contributed by atoms with Crippen LogP contribution in [0.15, 0.2) is 36.4 Å². The Bertz CT molecular complexity index is 840. The van der Waals surface area contributed by atoms with Crippen LogP contribution in [-0.2, 0) is 6.42 Å². The number of nitrogens with two attached hydrogens (primary N) is 1. The monoisotopic (exact) mass is 331 g/mol. The van der Waals surface area contributed by atoms with Gasteiger partial charge < -0.3 is 16.2 Å². The second-order valence-corrected chi connectivity index (χ2v) is 5.56. The number of hydrogen-bond acceptors (Lipinski definition) is 5. The molecule has 1 aliphatic rings. The van der Waals surface area contributed by atoms with Crippen LogP contribution in [0.2, 0.25) is 0 Å². The van der Waals surface area contributed by atoms with Gasteiger partial charge in [0.05, 0.1) is 28.7 Å². The Morgan fingerprint density at radius 2 is 2.08 bits per heavy atom. The Morgan fingerprint density at radius 1 is 1.38 bits per heavy atom. The zero-order chi connectivity index (χ0) is 17.4. The highest BCUT2D eigenvalue weighted by Crippen LogP contribution is 2.32. The standard InChI is InChI=1S/C16H14FN3O4/c17-9-6-11(14(18)12(7-9)20(23)24)16(22)19-15-10-4-2-1-3-8(10)5-13(15)21/h1-4,6-7,13,15,21H,5,18H2,(H,19,22)/t13-,15+/m0/s1. The molecule has 0 fully saturated rings. The van der Waals surface area contributed by atoms with E-state index >= 15 is 0 Å². The van der Waals surface area contributed by atoms with Crippen LogP contribution in [0.25, 0.3) is 0 Å². The number of hydrogen-bond donors (Lipinski definition) is 3. The Kier molecular flexibility index (Phi) is 3.90. The molecule has 3 rings (SSSR count). The quantitative estimate of drug-likeness (QED) is 0.449. The molecule has 4 N–H and O–H groups in total. The number of amides is 1. The second-order valence-electron chi connectivity index (χ2n) is 5.56. The van der Waals surface area contributed by atoms with Crippen LogP contribution >= 0.6 is 0 Å². The number of anilines is 1. The van der Waals surface area contributed by atoms with Crippen molar-refractivity contribution in [2.45, 2.75) is 18.6 Å². The smallest absolute Gasteiger partial charge is 0.295 e. The highest BCUT2D eigenvalue weighted by molar-refractivity contribution is 6.01. The van der Waals surface area contributed by atoms with E-state index in [2.05, 4.69) is 5.32 Å². The van der Waals surface area contributed by atoms with Crippen molar-refractivity contribution in [3.05, 3.63) is 69.0 Å². The van der Waals surface area contributed by atoms with Gasteiger partial charge in [-0.2, -0.15) is 0 Å². The third kappa shape index (κ3) is 2.67. The molecule has 2 aromatic carbocycles. The minimum atomic E-state index is -0.937. The van der Waals surface area contributed by atoms with Crippen molar-refractivity contribution in [2.75, 3.05) is 5.73 Å². The second kappa shape index (κ2) is 5.89. The minimum Gasteiger partial charge on any atom is -0.393 e. The van der Waals surface area contributed by atoms with Gasteiger partial charge in [-0.15, -0.1) is 0 Å². The van der Waals surface area contributed by atoms with E-state index in [0.717, 1.165) is 17.2 Å². The van der Waals surface area contributed by atoms with Crippen LogP contribution < -0.4 is 11.1 Å². The van der Waals surface area contributed by atoms with Gasteiger partial charge in [-0.1, -0.05) is 24.3 Å². The van der Waals surface area contributed by atoms with Crippen LogP contribution in [0.1, 0.15) is 27.5 Å². The molecule has 0 aliphatic heterocycles. The Morgan fingerprint density at radius 3 is 2.79 bits per heavy atom. The van der Waals surface area contributed by atoms with Crippen LogP contribution in [0.4, 0.5) is 15.8 Å². The highest BCUT2D eigenvalue weighted by atomic mass is 19.1. The van der Waals surface area contributed by atoms with E-state index in [1.807, 2.05) is 12.1 Å². The molecule has 1 aliphatic carbocycles. The Balaban J connectivity index is 1.93. The van der Waals surface area contributed by atoms with E-state index in [0.29, 0.717) is 12.5 Å². The van der Waals surface area contributed by atoms with Crippen molar-refractivity contribution in [2.24, 2.45) is 0 Å². The maximum atomic E-state index is 13.6. The fourth-order valence-electron chi connectivity index (χ4n) is 2.91. The van der Waals surface area contributed by atoms with Crippen LogP contribution in [0.5, 0.6) is 0 Å². The summed E-state index contributed by atoms with van der Waals surface area (Å²) in [5.74, 6) is -1.72. The van der Waals surface area contributed by atoms with Crippen molar-refractivity contribution in [3.8, 4) is 0 Å². The van der Waals surface area contributed by atoms with E-state index in [-0.39, 0.29) is 5.56 Å².